The molecule has 0 saturated heterocycles. The minimum atomic E-state index is -0.336. The van der Waals surface area contributed by atoms with E-state index in [0.29, 0.717) is 16.5 Å². The number of carbonyl (C=O) groups excluding carboxylic acids is 1. The molecule has 0 radical (unpaired) electrons. The largest absolute Gasteiger partial charge is 0.340 e. The number of hydrogen-bond donors (Lipinski definition) is 2. The van der Waals surface area contributed by atoms with Crippen molar-refractivity contribution in [1.29, 1.82) is 0 Å². The molecule has 2 heterocycles. The third-order valence-electron chi connectivity index (χ3n) is 2.10. The zero-order chi connectivity index (χ0) is 12.4. The summed E-state index contributed by atoms with van der Waals surface area (Å²) < 4.78 is 0. The lowest BCUT2D eigenvalue weighted by Gasteiger charge is -2.03. The maximum Gasteiger partial charge on any atom is 0.273 e. The first-order valence-electron chi connectivity index (χ1n) is 4.85. The number of aromatic amines is 1. The van der Waals surface area contributed by atoms with Crippen molar-refractivity contribution in [3.05, 3.63) is 45.8 Å². The second kappa shape index (κ2) is 4.77. The first-order valence-corrected chi connectivity index (χ1v) is 5.61. The molecule has 0 atom stereocenters. The minimum absolute atomic E-state index is 0.244. The average Bonchev–Trinajstić information content (AvgIpc) is 2.59. The first-order chi connectivity index (χ1) is 8.06. The van der Waals surface area contributed by atoms with E-state index in [1.54, 1.807) is 6.07 Å². The van der Waals surface area contributed by atoms with Gasteiger partial charge in [0.05, 0.1) is 5.02 Å². The van der Waals surface area contributed by atoms with Crippen LogP contribution in [0.3, 0.4) is 0 Å². The van der Waals surface area contributed by atoms with Crippen LogP contribution in [0, 0.1) is 6.92 Å². The number of aromatic nitrogens is 2. The van der Waals surface area contributed by atoms with Crippen LogP contribution in [-0.4, -0.2) is 15.9 Å². The van der Waals surface area contributed by atoms with Gasteiger partial charge in [0.1, 0.15) is 16.7 Å². The molecule has 88 valence electrons. The summed E-state index contributed by atoms with van der Waals surface area (Å²) in [4.78, 5) is 18.6. The van der Waals surface area contributed by atoms with Crippen molar-refractivity contribution in [3.63, 3.8) is 0 Å². The van der Waals surface area contributed by atoms with Crippen LogP contribution in [0.1, 0.15) is 16.2 Å². The van der Waals surface area contributed by atoms with Gasteiger partial charge in [-0.15, -0.1) is 0 Å². The van der Waals surface area contributed by atoms with Gasteiger partial charge in [-0.2, -0.15) is 0 Å². The number of H-pyrrole nitrogens is 1. The number of halogens is 2. The smallest absolute Gasteiger partial charge is 0.273 e. The molecular formula is C11H9Cl2N3O. The number of carbonyl (C=O) groups is 1. The lowest BCUT2D eigenvalue weighted by atomic mass is 10.3. The lowest BCUT2D eigenvalue weighted by Crippen LogP contribution is -2.13. The Balaban J connectivity index is 2.17. The summed E-state index contributed by atoms with van der Waals surface area (Å²) in [6, 6.07) is 6.83. The highest BCUT2D eigenvalue weighted by molar-refractivity contribution is 6.41. The fourth-order valence-electron chi connectivity index (χ4n) is 1.32. The number of hydrogen-bond acceptors (Lipinski definition) is 2. The van der Waals surface area contributed by atoms with E-state index in [2.05, 4.69) is 15.3 Å². The quantitative estimate of drug-likeness (QED) is 0.879. The van der Waals surface area contributed by atoms with Crippen LogP contribution in [0.5, 0.6) is 0 Å². The van der Waals surface area contributed by atoms with Gasteiger partial charge < -0.3 is 10.3 Å². The molecular weight excluding hydrogens is 261 g/mol. The molecule has 17 heavy (non-hydrogen) atoms. The summed E-state index contributed by atoms with van der Waals surface area (Å²) in [5.41, 5.74) is 1.12. The molecule has 0 aliphatic rings. The highest BCUT2D eigenvalue weighted by Gasteiger charge is 2.12. The third kappa shape index (κ3) is 2.78. The molecule has 4 nitrogen and oxygen atoms in total. The summed E-state index contributed by atoms with van der Waals surface area (Å²) in [5, 5.41) is 3.20. The van der Waals surface area contributed by atoms with Gasteiger partial charge in [-0.05, 0) is 25.1 Å². The van der Waals surface area contributed by atoms with Gasteiger partial charge >= 0.3 is 0 Å². The molecule has 6 heteroatoms. The highest BCUT2D eigenvalue weighted by atomic mass is 35.5. The molecule has 0 aliphatic carbocycles. The molecule has 2 N–H and O–H groups in total. The molecule has 0 saturated carbocycles. The molecule has 0 unspecified atom stereocenters. The first kappa shape index (κ1) is 12.0. The third-order valence-corrected chi connectivity index (χ3v) is 2.79. The number of pyridine rings is 1. The topological polar surface area (TPSA) is 57.8 Å². The standard InChI is InChI=1S/C11H9Cl2N3O/c1-6-3-2-4-9(14-6)16-11(17)8-5-7(12)10(13)15-8/h2-5,15H,1H3,(H,14,16,17). The van der Waals surface area contributed by atoms with Crippen molar-refractivity contribution in [2.24, 2.45) is 0 Å². The summed E-state index contributed by atoms with van der Waals surface area (Å²) in [7, 11) is 0. The molecule has 2 rings (SSSR count). The number of anilines is 1. The van der Waals surface area contributed by atoms with E-state index in [0.717, 1.165) is 5.69 Å². The molecule has 2 aromatic heterocycles. The van der Waals surface area contributed by atoms with Gasteiger partial charge in [-0.3, -0.25) is 4.79 Å². The molecule has 0 fully saturated rings. The number of nitrogens with zero attached hydrogens (tertiary/aromatic N) is 1. The van der Waals surface area contributed by atoms with E-state index < -0.39 is 0 Å². The normalized spacial score (nSPS) is 10.3. The Morgan fingerprint density at radius 2 is 2.18 bits per heavy atom. The van der Waals surface area contributed by atoms with Gasteiger partial charge in [0.25, 0.3) is 5.91 Å². The molecule has 1 amide bonds. The van der Waals surface area contributed by atoms with E-state index in [-0.39, 0.29) is 11.1 Å². The lowest BCUT2D eigenvalue weighted by molar-refractivity contribution is 0.102. The van der Waals surface area contributed by atoms with Gasteiger partial charge in [-0.1, -0.05) is 29.3 Å². The zero-order valence-electron chi connectivity index (χ0n) is 8.92. The van der Waals surface area contributed by atoms with Gasteiger partial charge in [-0.25, -0.2) is 4.98 Å². The van der Waals surface area contributed by atoms with Crippen molar-refractivity contribution in [2.45, 2.75) is 6.92 Å². The number of rotatable bonds is 2. The summed E-state index contributed by atoms with van der Waals surface area (Å²) in [6.45, 7) is 1.85. The Morgan fingerprint density at radius 3 is 2.76 bits per heavy atom. The van der Waals surface area contributed by atoms with Gasteiger partial charge in [0.15, 0.2) is 0 Å². The molecule has 2 aromatic rings. The Labute approximate surface area is 108 Å². The maximum absolute atomic E-state index is 11.8. The number of amides is 1. The average molecular weight is 270 g/mol. The molecule has 0 aliphatic heterocycles. The fourth-order valence-corrected chi connectivity index (χ4v) is 1.64. The van der Waals surface area contributed by atoms with E-state index in [1.165, 1.54) is 6.07 Å². The predicted molar refractivity (Wildman–Crippen MR) is 67.7 cm³/mol. The minimum Gasteiger partial charge on any atom is -0.340 e. The molecule has 0 bridgehead atoms. The van der Waals surface area contributed by atoms with Crippen molar-refractivity contribution in [3.8, 4) is 0 Å². The van der Waals surface area contributed by atoms with E-state index in [4.69, 9.17) is 23.2 Å². The van der Waals surface area contributed by atoms with E-state index in [1.807, 2.05) is 19.1 Å². The van der Waals surface area contributed by atoms with Gasteiger partial charge in [0.2, 0.25) is 0 Å². The van der Waals surface area contributed by atoms with Crippen LogP contribution in [0.25, 0.3) is 0 Å². The van der Waals surface area contributed by atoms with E-state index in [9.17, 15) is 4.79 Å². The zero-order valence-corrected chi connectivity index (χ0v) is 10.4. The van der Waals surface area contributed by atoms with Crippen molar-refractivity contribution >= 4 is 34.9 Å². The molecule has 0 spiro atoms. The second-order valence-corrected chi connectivity index (χ2v) is 4.25. The summed E-state index contributed by atoms with van der Waals surface area (Å²) in [6.07, 6.45) is 0. The highest BCUT2D eigenvalue weighted by Crippen LogP contribution is 2.22. The van der Waals surface area contributed by atoms with E-state index >= 15 is 0 Å². The summed E-state index contributed by atoms with van der Waals surface area (Å²) in [5.74, 6) is 0.147. The maximum atomic E-state index is 11.8. The Kier molecular flexibility index (Phi) is 3.36. The Hall–Kier alpha value is -1.52. The fraction of sp³-hybridized carbons (Fsp3) is 0.0909. The van der Waals surface area contributed by atoms with Crippen LogP contribution in [0.15, 0.2) is 24.3 Å². The Bertz CT molecular complexity index is 546. The predicted octanol–water partition coefficient (Wildman–Crippen LogP) is 3.28. The van der Waals surface area contributed by atoms with Gasteiger partial charge in [0, 0.05) is 5.69 Å². The van der Waals surface area contributed by atoms with Crippen LogP contribution in [0.2, 0.25) is 10.2 Å². The van der Waals surface area contributed by atoms with Crippen LogP contribution in [-0.2, 0) is 0 Å². The van der Waals surface area contributed by atoms with Crippen molar-refractivity contribution in [1.82, 2.24) is 9.97 Å². The SMILES string of the molecule is Cc1cccc(NC(=O)c2cc(Cl)c(Cl)[nH]2)n1. The van der Waals surface area contributed by atoms with Crippen LogP contribution < -0.4 is 5.32 Å². The van der Waals surface area contributed by atoms with Crippen molar-refractivity contribution in [2.75, 3.05) is 5.32 Å². The van der Waals surface area contributed by atoms with Crippen LogP contribution in [0.4, 0.5) is 5.82 Å². The Morgan fingerprint density at radius 1 is 1.41 bits per heavy atom. The van der Waals surface area contributed by atoms with Crippen molar-refractivity contribution < 1.29 is 4.79 Å². The second-order valence-electron chi connectivity index (χ2n) is 3.46. The monoisotopic (exact) mass is 269 g/mol. The summed E-state index contributed by atoms with van der Waals surface area (Å²) >= 11 is 11.5. The number of aryl methyl sites for hydroxylation is 1. The number of nitrogens with one attached hydrogen (secondary N) is 2. The molecule has 0 aromatic carbocycles. The van der Waals surface area contributed by atoms with Crippen LogP contribution >= 0.6 is 23.2 Å².